The van der Waals surface area contributed by atoms with Gasteiger partial charge in [-0.1, -0.05) is 43.3 Å². The topological polar surface area (TPSA) is 70.2 Å². The van der Waals surface area contributed by atoms with Gasteiger partial charge in [-0.15, -0.1) is 0 Å². The normalized spacial score (nSPS) is 15.8. The molecule has 1 aliphatic heterocycles. The molecule has 3 N–H and O–H groups in total. The summed E-state index contributed by atoms with van der Waals surface area (Å²) in [5.74, 6) is -0.335. The molecule has 3 rings (SSSR count). The fourth-order valence-electron chi connectivity index (χ4n) is 2.75. The molecule has 1 aliphatic rings. The molecule has 0 spiro atoms. The van der Waals surface area contributed by atoms with E-state index in [9.17, 15) is 9.59 Å². The van der Waals surface area contributed by atoms with Crippen molar-refractivity contribution < 1.29 is 9.59 Å². The molecule has 0 fully saturated rings. The molecule has 25 heavy (non-hydrogen) atoms. The van der Waals surface area contributed by atoms with E-state index in [4.69, 9.17) is 0 Å². The Morgan fingerprint density at radius 3 is 2.72 bits per heavy atom. The minimum atomic E-state index is -0.325. The van der Waals surface area contributed by atoms with E-state index >= 15 is 0 Å². The van der Waals surface area contributed by atoms with Gasteiger partial charge in [0.05, 0.1) is 0 Å². The first-order valence-electron chi connectivity index (χ1n) is 8.37. The standard InChI is InChI=1S/C20H21N3O2/c1-2-14-7-3-4-10-17(14)23-19(24)15-8-5-9-16(13-15)22-20(25)18-11-6-12-21-18/h3-11,13,18,21H,2,12H2,1H3,(H,22,25)(H,23,24). The lowest BCUT2D eigenvalue weighted by atomic mass is 10.1. The summed E-state index contributed by atoms with van der Waals surface area (Å²) < 4.78 is 0. The highest BCUT2D eigenvalue weighted by molar-refractivity contribution is 6.06. The van der Waals surface area contributed by atoms with Gasteiger partial charge < -0.3 is 10.6 Å². The molecule has 5 heteroatoms. The molecule has 1 atom stereocenters. The Bertz CT molecular complexity index is 814. The first kappa shape index (κ1) is 16.9. The lowest BCUT2D eigenvalue weighted by molar-refractivity contribution is -0.116. The largest absolute Gasteiger partial charge is 0.324 e. The van der Waals surface area contributed by atoms with Crippen molar-refractivity contribution in [1.82, 2.24) is 5.32 Å². The van der Waals surface area contributed by atoms with Crippen molar-refractivity contribution >= 4 is 23.2 Å². The number of benzene rings is 2. The number of para-hydroxylation sites is 1. The van der Waals surface area contributed by atoms with Crippen molar-refractivity contribution in [3.63, 3.8) is 0 Å². The molecule has 1 heterocycles. The van der Waals surface area contributed by atoms with E-state index in [-0.39, 0.29) is 17.9 Å². The highest BCUT2D eigenvalue weighted by atomic mass is 16.2. The first-order valence-corrected chi connectivity index (χ1v) is 8.37. The minimum Gasteiger partial charge on any atom is -0.324 e. The molecule has 0 saturated carbocycles. The zero-order valence-electron chi connectivity index (χ0n) is 14.1. The minimum absolute atomic E-state index is 0.136. The van der Waals surface area contributed by atoms with Crippen LogP contribution >= 0.6 is 0 Å². The Labute approximate surface area is 147 Å². The molecular formula is C20H21N3O2. The Kier molecular flexibility index (Phi) is 5.26. The average Bonchev–Trinajstić information content (AvgIpc) is 3.17. The maximum atomic E-state index is 12.5. The fraction of sp³-hybridized carbons (Fsp3) is 0.200. The van der Waals surface area contributed by atoms with Gasteiger partial charge in [-0.2, -0.15) is 0 Å². The van der Waals surface area contributed by atoms with Crippen molar-refractivity contribution in [3.8, 4) is 0 Å². The van der Waals surface area contributed by atoms with Gasteiger partial charge in [-0.25, -0.2) is 0 Å². The monoisotopic (exact) mass is 335 g/mol. The van der Waals surface area contributed by atoms with Crippen molar-refractivity contribution in [1.29, 1.82) is 0 Å². The average molecular weight is 335 g/mol. The van der Waals surface area contributed by atoms with Crippen molar-refractivity contribution in [3.05, 3.63) is 71.8 Å². The fourth-order valence-corrected chi connectivity index (χ4v) is 2.75. The van der Waals surface area contributed by atoms with Crippen molar-refractivity contribution in [2.24, 2.45) is 0 Å². The highest BCUT2D eigenvalue weighted by Gasteiger charge is 2.18. The second kappa shape index (κ2) is 7.77. The summed E-state index contributed by atoms with van der Waals surface area (Å²) >= 11 is 0. The number of anilines is 2. The Morgan fingerprint density at radius 2 is 1.96 bits per heavy atom. The molecule has 0 radical (unpaired) electrons. The van der Waals surface area contributed by atoms with Crippen LogP contribution in [0.15, 0.2) is 60.7 Å². The van der Waals surface area contributed by atoms with Gasteiger partial charge in [-0.05, 0) is 36.2 Å². The third-order valence-electron chi connectivity index (χ3n) is 4.11. The smallest absolute Gasteiger partial charge is 0.255 e. The van der Waals surface area contributed by atoms with Gasteiger partial charge in [0.1, 0.15) is 6.04 Å². The number of hydrogen-bond donors (Lipinski definition) is 3. The number of amides is 2. The molecule has 1 unspecified atom stereocenters. The lowest BCUT2D eigenvalue weighted by Gasteiger charge is -2.12. The van der Waals surface area contributed by atoms with Crippen LogP contribution in [-0.4, -0.2) is 24.4 Å². The molecule has 0 bridgehead atoms. The number of aryl methyl sites for hydroxylation is 1. The number of carbonyl (C=O) groups is 2. The quantitative estimate of drug-likeness (QED) is 0.736. The molecule has 0 aliphatic carbocycles. The van der Waals surface area contributed by atoms with Crippen LogP contribution in [0.5, 0.6) is 0 Å². The van der Waals surface area contributed by atoms with E-state index in [1.165, 1.54) is 0 Å². The number of rotatable bonds is 5. The molecule has 2 amide bonds. The van der Waals surface area contributed by atoms with Crippen LogP contribution in [0, 0.1) is 0 Å². The molecule has 2 aromatic rings. The predicted octanol–water partition coefficient (Wildman–Crippen LogP) is 2.97. The summed E-state index contributed by atoms with van der Waals surface area (Å²) in [6.45, 7) is 2.74. The zero-order valence-corrected chi connectivity index (χ0v) is 14.1. The van der Waals surface area contributed by atoms with E-state index < -0.39 is 0 Å². The summed E-state index contributed by atoms with van der Waals surface area (Å²) in [6, 6.07) is 14.3. The Hall–Kier alpha value is -2.92. The van der Waals surface area contributed by atoms with Gasteiger partial charge in [0.25, 0.3) is 5.91 Å². The predicted molar refractivity (Wildman–Crippen MR) is 99.8 cm³/mol. The molecule has 128 valence electrons. The summed E-state index contributed by atoms with van der Waals surface area (Å²) in [5, 5.41) is 8.83. The summed E-state index contributed by atoms with van der Waals surface area (Å²) in [6.07, 6.45) is 4.58. The van der Waals surface area contributed by atoms with Crippen LogP contribution in [0.1, 0.15) is 22.8 Å². The lowest BCUT2D eigenvalue weighted by Crippen LogP contribution is -2.35. The maximum absolute atomic E-state index is 12.5. The summed E-state index contributed by atoms with van der Waals surface area (Å²) in [5.41, 5.74) is 2.99. The van der Waals surface area contributed by atoms with Gasteiger partial charge >= 0.3 is 0 Å². The highest BCUT2D eigenvalue weighted by Crippen LogP contribution is 2.18. The van der Waals surface area contributed by atoms with Crippen LogP contribution in [-0.2, 0) is 11.2 Å². The van der Waals surface area contributed by atoms with Crippen molar-refractivity contribution in [2.45, 2.75) is 19.4 Å². The van der Waals surface area contributed by atoms with Gasteiger partial charge in [-0.3, -0.25) is 14.9 Å². The van der Waals surface area contributed by atoms with E-state index in [2.05, 4.69) is 16.0 Å². The number of carbonyl (C=O) groups excluding carboxylic acids is 2. The van der Waals surface area contributed by atoms with Gasteiger partial charge in [0, 0.05) is 23.5 Å². The molecule has 0 saturated heterocycles. The molecule has 2 aromatic carbocycles. The van der Waals surface area contributed by atoms with Crippen LogP contribution < -0.4 is 16.0 Å². The Balaban J connectivity index is 1.71. The van der Waals surface area contributed by atoms with E-state index in [1.54, 1.807) is 24.3 Å². The number of nitrogens with one attached hydrogen (secondary N) is 3. The SMILES string of the molecule is CCc1ccccc1NC(=O)c1cccc(NC(=O)C2C=CCN2)c1. The first-order chi connectivity index (χ1) is 12.2. The zero-order chi connectivity index (χ0) is 17.6. The van der Waals surface area contributed by atoms with Crippen LogP contribution in [0.25, 0.3) is 0 Å². The van der Waals surface area contributed by atoms with Crippen molar-refractivity contribution in [2.75, 3.05) is 17.2 Å². The Morgan fingerprint density at radius 1 is 1.12 bits per heavy atom. The second-order valence-electron chi connectivity index (χ2n) is 5.85. The van der Waals surface area contributed by atoms with Crippen LogP contribution in [0.2, 0.25) is 0 Å². The van der Waals surface area contributed by atoms with Crippen LogP contribution in [0.4, 0.5) is 11.4 Å². The molecule has 5 nitrogen and oxygen atoms in total. The van der Waals surface area contributed by atoms with E-state index in [1.807, 2.05) is 43.3 Å². The van der Waals surface area contributed by atoms with Crippen LogP contribution in [0.3, 0.4) is 0 Å². The maximum Gasteiger partial charge on any atom is 0.255 e. The summed E-state index contributed by atoms with van der Waals surface area (Å²) in [7, 11) is 0. The number of hydrogen-bond acceptors (Lipinski definition) is 3. The van der Waals surface area contributed by atoms with E-state index in [0.29, 0.717) is 17.8 Å². The van der Waals surface area contributed by atoms with Gasteiger partial charge in [0.15, 0.2) is 0 Å². The van der Waals surface area contributed by atoms with Gasteiger partial charge in [0.2, 0.25) is 5.91 Å². The third kappa shape index (κ3) is 4.14. The second-order valence-corrected chi connectivity index (χ2v) is 5.85. The molecule has 0 aromatic heterocycles. The van der Waals surface area contributed by atoms with E-state index in [0.717, 1.165) is 17.7 Å². The summed E-state index contributed by atoms with van der Waals surface area (Å²) in [4.78, 5) is 24.7. The molecular weight excluding hydrogens is 314 g/mol. The third-order valence-corrected chi connectivity index (χ3v) is 4.11.